The summed E-state index contributed by atoms with van der Waals surface area (Å²) in [6.45, 7) is 2.60. The quantitative estimate of drug-likeness (QED) is 0.402. The van der Waals surface area contributed by atoms with E-state index in [1.807, 2.05) is 13.0 Å². The lowest BCUT2D eigenvalue weighted by molar-refractivity contribution is 0.186. The van der Waals surface area contributed by atoms with Crippen molar-refractivity contribution in [3.05, 3.63) is 64.0 Å². The van der Waals surface area contributed by atoms with Gasteiger partial charge in [0.1, 0.15) is 11.0 Å². The number of anilines is 1. The first kappa shape index (κ1) is 17.1. The molecule has 5 aromatic rings. The third-order valence-corrected chi connectivity index (χ3v) is 7.33. The molecule has 5 heterocycles. The van der Waals surface area contributed by atoms with Crippen LogP contribution in [0, 0.1) is 6.92 Å². The lowest BCUT2D eigenvalue weighted by Gasteiger charge is -2.28. The molecule has 0 radical (unpaired) electrons. The van der Waals surface area contributed by atoms with E-state index in [1.165, 1.54) is 4.88 Å². The molecule has 0 amide bonds. The summed E-state index contributed by atoms with van der Waals surface area (Å²) in [4.78, 5) is 13.3. The molecule has 0 fully saturated rings. The van der Waals surface area contributed by atoms with E-state index in [0.717, 1.165) is 48.9 Å². The summed E-state index contributed by atoms with van der Waals surface area (Å²) >= 11 is 3.46. The van der Waals surface area contributed by atoms with Crippen LogP contribution in [0.25, 0.3) is 32.0 Å². The average Bonchev–Trinajstić information content (AvgIpc) is 3.44. The third-order valence-electron chi connectivity index (χ3n) is 5.32. The number of imidazole rings is 1. The fraction of sp³-hybridized carbons (Fsp3) is 0.182. The molecule has 1 aliphatic heterocycles. The molecule has 1 N–H and O–H groups in total. The summed E-state index contributed by atoms with van der Waals surface area (Å²) in [5, 5.41) is 7.10. The summed E-state index contributed by atoms with van der Waals surface area (Å²) in [5.74, 6) is 1.00. The molecular weight excluding hydrogens is 400 g/mol. The summed E-state index contributed by atoms with van der Waals surface area (Å²) in [6, 6.07) is 14.7. The van der Waals surface area contributed by atoms with Crippen molar-refractivity contribution in [3.8, 4) is 10.7 Å². The zero-order valence-corrected chi connectivity index (χ0v) is 17.6. The molecule has 1 aliphatic rings. The Morgan fingerprint density at radius 3 is 2.90 bits per heavy atom. The number of hydrogen-bond donors (Lipinski definition) is 1. The molecule has 0 aliphatic carbocycles. The fourth-order valence-electron chi connectivity index (χ4n) is 4.19. The van der Waals surface area contributed by atoms with Crippen molar-refractivity contribution in [3.63, 3.8) is 0 Å². The van der Waals surface area contributed by atoms with Gasteiger partial charge in [0.05, 0.1) is 28.2 Å². The van der Waals surface area contributed by atoms with Crippen molar-refractivity contribution in [1.82, 2.24) is 14.5 Å². The summed E-state index contributed by atoms with van der Waals surface area (Å²) in [7, 11) is 1.74. The van der Waals surface area contributed by atoms with Crippen molar-refractivity contribution in [2.75, 3.05) is 12.4 Å². The maximum absolute atomic E-state index is 5.50. The van der Waals surface area contributed by atoms with Crippen molar-refractivity contribution < 1.29 is 4.74 Å². The molecule has 0 saturated heterocycles. The van der Waals surface area contributed by atoms with Gasteiger partial charge in [0.15, 0.2) is 5.82 Å². The van der Waals surface area contributed by atoms with E-state index in [-0.39, 0.29) is 6.17 Å². The zero-order chi connectivity index (χ0) is 19.5. The molecule has 1 aromatic carbocycles. The number of aromatic nitrogens is 3. The van der Waals surface area contributed by atoms with Gasteiger partial charge in [0, 0.05) is 23.1 Å². The number of thiophene rings is 2. The first-order valence-electron chi connectivity index (χ1n) is 9.44. The van der Waals surface area contributed by atoms with Crippen molar-refractivity contribution in [1.29, 1.82) is 0 Å². The van der Waals surface area contributed by atoms with Crippen LogP contribution < -0.4 is 5.32 Å². The third kappa shape index (κ3) is 2.48. The smallest absolute Gasteiger partial charge is 0.155 e. The fourth-order valence-corrected chi connectivity index (χ4v) is 6.17. The molecule has 5 nitrogen and oxygen atoms in total. The Labute approximate surface area is 175 Å². The van der Waals surface area contributed by atoms with Gasteiger partial charge in [-0.1, -0.05) is 18.2 Å². The van der Waals surface area contributed by atoms with Crippen LogP contribution in [-0.4, -0.2) is 21.6 Å². The number of nitrogens with one attached hydrogen (secondary N) is 1. The van der Waals surface area contributed by atoms with Gasteiger partial charge in [-0.2, -0.15) is 0 Å². The topological polar surface area (TPSA) is 52.0 Å². The van der Waals surface area contributed by atoms with Gasteiger partial charge in [-0.05, 0) is 42.1 Å². The minimum absolute atomic E-state index is 0.000557. The Morgan fingerprint density at radius 2 is 2.07 bits per heavy atom. The highest BCUT2D eigenvalue weighted by Gasteiger charge is 2.32. The maximum Gasteiger partial charge on any atom is 0.155 e. The zero-order valence-electron chi connectivity index (χ0n) is 16.0. The average molecular weight is 419 g/mol. The minimum Gasteiger partial charge on any atom is -0.380 e. The monoisotopic (exact) mass is 418 g/mol. The van der Waals surface area contributed by atoms with E-state index in [1.54, 1.807) is 29.8 Å². The molecule has 0 bridgehead atoms. The van der Waals surface area contributed by atoms with Crippen LogP contribution in [0.5, 0.6) is 0 Å². The highest BCUT2D eigenvalue weighted by atomic mass is 32.1. The van der Waals surface area contributed by atoms with E-state index < -0.39 is 0 Å². The first-order chi connectivity index (χ1) is 14.2. The number of pyridine rings is 1. The van der Waals surface area contributed by atoms with Crippen molar-refractivity contribution in [2.24, 2.45) is 0 Å². The summed E-state index contributed by atoms with van der Waals surface area (Å²) in [5.41, 5.74) is 5.43. The van der Waals surface area contributed by atoms with Gasteiger partial charge in [0.2, 0.25) is 0 Å². The first-order valence-corrected chi connectivity index (χ1v) is 11.1. The lowest BCUT2D eigenvalue weighted by atomic mass is 10.1. The summed E-state index contributed by atoms with van der Waals surface area (Å²) in [6.07, 6.45) is -0.000557. The van der Waals surface area contributed by atoms with Crippen LogP contribution >= 0.6 is 22.7 Å². The number of ether oxygens (including phenoxy) is 1. The van der Waals surface area contributed by atoms with E-state index in [4.69, 9.17) is 14.7 Å². The number of hydrogen-bond acceptors (Lipinski definition) is 6. The molecule has 6 rings (SSSR count). The largest absolute Gasteiger partial charge is 0.380 e. The van der Waals surface area contributed by atoms with Crippen LogP contribution in [0.1, 0.15) is 22.3 Å². The van der Waals surface area contributed by atoms with E-state index in [9.17, 15) is 0 Å². The van der Waals surface area contributed by atoms with Gasteiger partial charge in [-0.25, -0.2) is 9.97 Å². The van der Waals surface area contributed by atoms with Crippen LogP contribution in [0.15, 0.2) is 47.8 Å². The predicted molar refractivity (Wildman–Crippen MR) is 120 cm³/mol. The highest BCUT2D eigenvalue weighted by molar-refractivity contribution is 7.22. The van der Waals surface area contributed by atoms with Crippen LogP contribution in [0.3, 0.4) is 0 Å². The van der Waals surface area contributed by atoms with E-state index in [0.29, 0.717) is 6.61 Å². The molecule has 29 heavy (non-hydrogen) atoms. The molecule has 0 saturated carbocycles. The van der Waals surface area contributed by atoms with Crippen LogP contribution in [-0.2, 0) is 11.3 Å². The number of para-hydroxylation sites is 2. The number of aryl methyl sites for hydroxylation is 1. The molecule has 0 spiro atoms. The second-order valence-electron chi connectivity index (χ2n) is 7.20. The lowest BCUT2D eigenvalue weighted by Crippen LogP contribution is -2.23. The Balaban J connectivity index is 1.70. The Kier molecular flexibility index (Phi) is 3.77. The number of rotatable bonds is 3. The predicted octanol–water partition coefficient (Wildman–Crippen LogP) is 5.80. The SMILES string of the molecule is COCc1cc(C)nc2sc3c(c12)N[C@@H](c1cccs1)n1c-3nc2ccccc21. The number of nitrogens with zero attached hydrogens (tertiary/aromatic N) is 3. The normalized spacial score (nSPS) is 15.4. The van der Waals surface area contributed by atoms with Gasteiger partial charge >= 0.3 is 0 Å². The van der Waals surface area contributed by atoms with Gasteiger partial charge < -0.3 is 10.1 Å². The molecule has 144 valence electrons. The van der Waals surface area contributed by atoms with Crippen LogP contribution in [0.2, 0.25) is 0 Å². The molecule has 0 unspecified atom stereocenters. The maximum atomic E-state index is 5.50. The van der Waals surface area contributed by atoms with E-state index in [2.05, 4.69) is 51.7 Å². The number of fused-ring (bicyclic) bond motifs is 7. The number of methoxy groups -OCH3 is 1. The second-order valence-corrected chi connectivity index (χ2v) is 9.18. The molecular formula is C22H18N4OS2. The van der Waals surface area contributed by atoms with Gasteiger partial charge in [-0.15, -0.1) is 22.7 Å². The second kappa shape index (κ2) is 6.38. The van der Waals surface area contributed by atoms with Crippen LogP contribution in [0.4, 0.5) is 5.69 Å². The standard InChI is InChI=1S/C22H18N4OS2/c1-12-10-13(11-27-2)17-18-19(29-22(17)23-12)21-24-14-6-3-4-7-15(14)26(21)20(25-18)16-8-5-9-28-16/h3-10,20,25H,11H2,1-2H3/t20-/m1/s1. The summed E-state index contributed by atoms with van der Waals surface area (Å²) < 4.78 is 7.82. The molecule has 7 heteroatoms. The molecule has 4 aromatic heterocycles. The minimum atomic E-state index is -0.000557. The van der Waals surface area contributed by atoms with Crippen molar-refractivity contribution >= 4 is 49.6 Å². The Bertz CT molecular complexity index is 1370. The Morgan fingerprint density at radius 1 is 1.17 bits per heavy atom. The number of benzene rings is 1. The highest BCUT2D eigenvalue weighted by Crippen LogP contribution is 2.49. The molecule has 1 atom stereocenters. The van der Waals surface area contributed by atoms with Crippen molar-refractivity contribution in [2.45, 2.75) is 19.7 Å². The van der Waals surface area contributed by atoms with E-state index >= 15 is 0 Å². The van der Waals surface area contributed by atoms with Gasteiger partial charge in [-0.3, -0.25) is 4.57 Å². The Hall–Kier alpha value is -2.74. The van der Waals surface area contributed by atoms with Gasteiger partial charge in [0.25, 0.3) is 0 Å².